The Morgan fingerprint density at radius 2 is 0.929 bits per heavy atom. The highest BCUT2D eigenvalue weighted by molar-refractivity contribution is 6.30. The maximum atomic E-state index is 2.58. The molecule has 0 atom stereocenters. The van der Waals surface area contributed by atoms with Crippen LogP contribution in [0.3, 0.4) is 0 Å². The maximum absolute atomic E-state index is 2.58. The lowest BCUT2D eigenvalue weighted by Crippen LogP contribution is -2.14. The van der Waals surface area contributed by atoms with Gasteiger partial charge in [-0.1, -0.05) is 152 Å². The number of hydrogen-bond donors (Lipinski definition) is 0. The Labute approximate surface area is 329 Å². The summed E-state index contributed by atoms with van der Waals surface area (Å²) in [6.45, 7) is 18.5. The third-order valence-electron chi connectivity index (χ3n) is 13.2. The van der Waals surface area contributed by atoms with Crippen molar-refractivity contribution in [2.24, 2.45) is 0 Å². The summed E-state index contributed by atoms with van der Waals surface area (Å²) in [4.78, 5) is 0. The molecule has 0 bridgehead atoms. The summed E-state index contributed by atoms with van der Waals surface area (Å²) < 4.78 is 2.58. The molecule has 0 fully saturated rings. The van der Waals surface area contributed by atoms with Crippen molar-refractivity contribution in [2.45, 2.75) is 71.6 Å². The van der Waals surface area contributed by atoms with Crippen molar-refractivity contribution in [2.75, 3.05) is 0 Å². The van der Waals surface area contributed by atoms with Gasteiger partial charge in [0, 0.05) is 27.0 Å². The second-order valence-corrected chi connectivity index (χ2v) is 19.1. The van der Waals surface area contributed by atoms with E-state index in [4.69, 9.17) is 0 Å². The summed E-state index contributed by atoms with van der Waals surface area (Å²) in [5.41, 5.74) is 17.4. The van der Waals surface area contributed by atoms with Crippen molar-refractivity contribution in [1.29, 1.82) is 0 Å². The standard InChI is InChI=1S/C55H47N/c1-53(2,3)40-21-17-32(18-22-40)34-13-15-36-29-48-43(27-38(36)25-34)44-31-47-50(42-11-9-10-12-46(42)55(47,7)8)51-45-28-39-26-35(33-19-23-41(24-20-33)54(4,5)6)14-16-37(39)30-49(45)56(48)52(44)51/h9-31H,1-8H3. The summed E-state index contributed by atoms with van der Waals surface area (Å²) in [6.07, 6.45) is 0. The average molecular weight is 722 g/mol. The van der Waals surface area contributed by atoms with Gasteiger partial charge in [-0.25, -0.2) is 0 Å². The van der Waals surface area contributed by atoms with Gasteiger partial charge in [-0.3, -0.25) is 0 Å². The molecule has 0 saturated carbocycles. The zero-order valence-corrected chi connectivity index (χ0v) is 33.7. The predicted octanol–water partition coefficient (Wildman–Crippen LogP) is 15.4. The predicted molar refractivity (Wildman–Crippen MR) is 242 cm³/mol. The van der Waals surface area contributed by atoms with Crippen LogP contribution in [0.15, 0.2) is 140 Å². The molecule has 10 aromatic rings. The van der Waals surface area contributed by atoms with Crippen molar-refractivity contribution in [3.8, 4) is 33.4 Å². The largest absolute Gasteiger partial charge is 0.308 e. The van der Waals surface area contributed by atoms with Crippen LogP contribution in [0.4, 0.5) is 0 Å². The molecule has 0 unspecified atom stereocenters. The van der Waals surface area contributed by atoms with Crippen molar-refractivity contribution in [1.82, 2.24) is 4.40 Å². The molecule has 272 valence electrons. The first-order valence-corrected chi connectivity index (χ1v) is 20.3. The van der Waals surface area contributed by atoms with Crippen LogP contribution in [-0.2, 0) is 16.2 Å². The fourth-order valence-electron chi connectivity index (χ4n) is 9.95. The summed E-state index contributed by atoms with van der Waals surface area (Å²) in [6, 6.07) is 53.8. The Kier molecular flexibility index (Phi) is 6.63. The lowest BCUT2D eigenvalue weighted by atomic mass is 9.81. The summed E-state index contributed by atoms with van der Waals surface area (Å²) in [5, 5.41) is 10.5. The minimum atomic E-state index is -0.111. The molecule has 1 heteroatoms. The molecule has 0 saturated heterocycles. The Morgan fingerprint density at radius 1 is 0.429 bits per heavy atom. The van der Waals surface area contributed by atoms with Gasteiger partial charge in [0.05, 0.1) is 16.6 Å². The van der Waals surface area contributed by atoms with Gasteiger partial charge in [-0.15, -0.1) is 0 Å². The fourth-order valence-corrected chi connectivity index (χ4v) is 9.95. The van der Waals surface area contributed by atoms with E-state index >= 15 is 0 Å². The smallest absolute Gasteiger partial charge is 0.0626 e. The molecule has 2 heterocycles. The van der Waals surface area contributed by atoms with E-state index in [9.17, 15) is 0 Å². The number of nitrogens with zero attached hydrogens (tertiary/aromatic N) is 1. The Balaban J connectivity index is 1.18. The SMILES string of the molecule is CC(C)(C)c1ccc(-c2ccc3cc4c(cc3c2)c2cc3c(c5c6cc7cc(-c8ccc(C(C)(C)C)cc8)ccc7cc6n4c25)-c2ccccc2C3(C)C)cc1. The zero-order chi connectivity index (χ0) is 38.5. The Bertz CT molecular complexity index is 3250. The first kappa shape index (κ1) is 33.4. The number of aromatic nitrogens is 1. The van der Waals surface area contributed by atoms with Gasteiger partial charge in [0.25, 0.3) is 0 Å². The Hall–Kier alpha value is -5.92. The summed E-state index contributed by atoms with van der Waals surface area (Å²) >= 11 is 0. The minimum Gasteiger partial charge on any atom is -0.308 e. The highest BCUT2D eigenvalue weighted by Gasteiger charge is 2.38. The summed E-state index contributed by atoms with van der Waals surface area (Å²) in [7, 11) is 0. The van der Waals surface area contributed by atoms with Gasteiger partial charge in [0.15, 0.2) is 0 Å². The normalized spacial score (nSPS) is 14.2. The molecule has 0 radical (unpaired) electrons. The number of rotatable bonds is 2. The number of benzene rings is 8. The molecule has 1 aliphatic carbocycles. The van der Waals surface area contributed by atoms with Crippen molar-refractivity contribution in [3.05, 3.63) is 162 Å². The molecule has 0 aliphatic heterocycles. The van der Waals surface area contributed by atoms with E-state index in [1.54, 1.807) is 0 Å². The minimum absolute atomic E-state index is 0.111. The first-order chi connectivity index (χ1) is 26.8. The topological polar surface area (TPSA) is 4.41 Å². The molecule has 8 aromatic carbocycles. The quantitative estimate of drug-likeness (QED) is 0.167. The van der Waals surface area contributed by atoms with Gasteiger partial charge in [-0.2, -0.15) is 0 Å². The number of fused-ring (bicyclic) bond motifs is 12. The van der Waals surface area contributed by atoms with Crippen LogP contribution >= 0.6 is 0 Å². The van der Waals surface area contributed by atoms with Crippen LogP contribution in [0.5, 0.6) is 0 Å². The molecule has 11 rings (SSSR count). The fraction of sp³-hybridized carbons (Fsp3) is 0.200. The molecule has 0 spiro atoms. The first-order valence-electron chi connectivity index (χ1n) is 20.3. The Morgan fingerprint density at radius 3 is 1.48 bits per heavy atom. The van der Waals surface area contributed by atoms with Crippen LogP contribution in [0.25, 0.3) is 93.0 Å². The summed E-state index contributed by atoms with van der Waals surface area (Å²) in [5.74, 6) is 0. The van der Waals surface area contributed by atoms with Crippen LogP contribution in [0.2, 0.25) is 0 Å². The lowest BCUT2D eigenvalue weighted by Gasteiger charge is -2.21. The van der Waals surface area contributed by atoms with Crippen LogP contribution in [0, 0.1) is 0 Å². The van der Waals surface area contributed by atoms with Gasteiger partial charge in [0.2, 0.25) is 0 Å². The molecule has 1 nitrogen and oxygen atoms in total. The van der Waals surface area contributed by atoms with Gasteiger partial charge in [0.1, 0.15) is 0 Å². The van der Waals surface area contributed by atoms with Gasteiger partial charge < -0.3 is 4.40 Å². The zero-order valence-electron chi connectivity index (χ0n) is 33.7. The molecule has 0 N–H and O–H groups in total. The molecule has 0 amide bonds. The van der Waals surface area contributed by atoms with Gasteiger partial charge in [-0.05, 0) is 130 Å². The van der Waals surface area contributed by atoms with E-state index in [2.05, 4.69) is 199 Å². The third kappa shape index (κ3) is 4.67. The van der Waals surface area contributed by atoms with Gasteiger partial charge >= 0.3 is 0 Å². The highest BCUT2D eigenvalue weighted by atomic mass is 14.9. The third-order valence-corrected chi connectivity index (χ3v) is 13.2. The maximum Gasteiger partial charge on any atom is 0.0626 e. The second kappa shape index (κ2) is 11.1. The van der Waals surface area contributed by atoms with E-state index in [-0.39, 0.29) is 16.2 Å². The van der Waals surface area contributed by atoms with E-state index < -0.39 is 0 Å². The van der Waals surface area contributed by atoms with E-state index in [1.165, 1.54) is 115 Å². The van der Waals surface area contributed by atoms with Crippen LogP contribution < -0.4 is 0 Å². The van der Waals surface area contributed by atoms with E-state index in [0.717, 1.165) is 0 Å². The molecule has 1 aliphatic rings. The molecular formula is C55H47N. The monoisotopic (exact) mass is 721 g/mol. The second-order valence-electron chi connectivity index (χ2n) is 19.1. The van der Waals surface area contributed by atoms with Crippen LogP contribution in [0.1, 0.15) is 77.6 Å². The molecule has 56 heavy (non-hydrogen) atoms. The van der Waals surface area contributed by atoms with E-state index in [0.29, 0.717) is 0 Å². The van der Waals surface area contributed by atoms with E-state index in [1.807, 2.05) is 0 Å². The number of hydrogen-bond acceptors (Lipinski definition) is 0. The molecular weight excluding hydrogens is 675 g/mol. The van der Waals surface area contributed by atoms with Crippen molar-refractivity contribution in [3.63, 3.8) is 0 Å². The highest BCUT2D eigenvalue weighted by Crippen LogP contribution is 2.56. The average Bonchev–Trinajstić information content (AvgIpc) is 3.76. The molecule has 2 aromatic heterocycles. The lowest BCUT2D eigenvalue weighted by molar-refractivity contribution is 0.590. The van der Waals surface area contributed by atoms with Crippen molar-refractivity contribution < 1.29 is 0 Å². The van der Waals surface area contributed by atoms with Crippen LogP contribution in [-0.4, -0.2) is 4.40 Å². The van der Waals surface area contributed by atoms with Crippen molar-refractivity contribution >= 4 is 59.6 Å².